The number of aromatic nitrogens is 2. The molecule has 0 radical (unpaired) electrons. The van der Waals surface area contributed by atoms with Crippen LogP contribution in [0.2, 0.25) is 0 Å². The van der Waals surface area contributed by atoms with Crippen molar-refractivity contribution in [3.63, 3.8) is 0 Å². The van der Waals surface area contributed by atoms with Crippen LogP contribution in [-0.4, -0.2) is 50.1 Å². The van der Waals surface area contributed by atoms with Crippen molar-refractivity contribution in [1.82, 2.24) is 10.2 Å². The van der Waals surface area contributed by atoms with Crippen molar-refractivity contribution in [3.8, 4) is 22.6 Å². The van der Waals surface area contributed by atoms with Crippen molar-refractivity contribution in [3.05, 3.63) is 42.6 Å². The highest BCUT2D eigenvalue weighted by Crippen LogP contribution is 2.36. The number of carbonyl (C=O) groups is 1. The van der Waals surface area contributed by atoms with Crippen LogP contribution in [0.1, 0.15) is 0 Å². The summed E-state index contributed by atoms with van der Waals surface area (Å²) in [5.74, 6) is 1.33. The molecule has 0 unspecified atom stereocenters. The minimum absolute atomic E-state index is 0.250. The molecule has 1 heterocycles. The molecule has 0 saturated carbocycles. The summed E-state index contributed by atoms with van der Waals surface area (Å²) in [5, 5.41) is 16.2. The van der Waals surface area contributed by atoms with Gasteiger partial charge in [0.1, 0.15) is 0 Å². The van der Waals surface area contributed by atoms with Gasteiger partial charge in [0.25, 0.3) is 6.47 Å². The van der Waals surface area contributed by atoms with Gasteiger partial charge in [0, 0.05) is 36.8 Å². The van der Waals surface area contributed by atoms with E-state index in [4.69, 9.17) is 19.4 Å². The number of nitrogens with zero attached hydrogens (tertiary/aromatic N) is 3. The van der Waals surface area contributed by atoms with Gasteiger partial charge in [0.05, 0.1) is 25.9 Å². The van der Waals surface area contributed by atoms with Gasteiger partial charge < -0.3 is 19.5 Å². The first-order valence-corrected chi connectivity index (χ1v) is 7.78. The first-order valence-electron chi connectivity index (χ1n) is 7.78. The first kappa shape index (κ1) is 19.0. The quantitative estimate of drug-likeness (QED) is 0.720. The number of hydrogen-bond acceptors (Lipinski definition) is 6. The van der Waals surface area contributed by atoms with Crippen LogP contribution >= 0.6 is 0 Å². The van der Waals surface area contributed by atoms with Gasteiger partial charge in [0.15, 0.2) is 11.5 Å². The Labute approximate surface area is 151 Å². The second kappa shape index (κ2) is 8.66. The van der Waals surface area contributed by atoms with E-state index in [1.807, 2.05) is 32.3 Å². The topological polar surface area (TPSA) is 84.8 Å². The van der Waals surface area contributed by atoms with Gasteiger partial charge in [-0.05, 0) is 23.8 Å². The lowest BCUT2D eigenvalue weighted by molar-refractivity contribution is -0.122. The van der Waals surface area contributed by atoms with Gasteiger partial charge >= 0.3 is 0 Å². The molecular formula is C19H21N3O4. The van der Waals surface area contributed by atoms with Crippen LogP contribution in [-0.2, 0) is 4.79 Å². The molecule has 0 atom stereocenters. The Bertz CT molecular complexity index is 897. The molecule has 2 aromatic carbocycles. The molecule has 1 aromatic heterocycles. The lowest BCUT2D eigenvalue weighted by atomic mass is 10.0. The molecule has 0 aliphatic carbocycles. The summed E-state index contributed by atoms with van der Waals surface area (Å²) in [4.78, 5) is 10.4. The standard InChI is InChI=1S/C18H19N3O2.CH2O2/c1-21(2)13-7-5-6-12(8-13)15-11-19-20-16-10-18(23-4)17(22-3)9-14(15)16;2-1-3/h5-11H,1-4H3;1H,(H,2,3). The van der Waals surface area contributed by atoms with Gasteiger partial charge in [-0.2, -0.15) is 10.2 Å². The third kappa shape index (κ3) is 4.00. The van der Waals surface area contributed by atoms with E-state index in [2.05, 4.69) is 33.3 Å². The van der Waals surface area contributed by atoms with Crippen LogP contribution in [0, 0.1) is 0 Å². The lowest BCUT2D eigenvalue weighted by Gasteiger charge is -2.15. The van der Waals surface area contributed by atoms with Crippen LogP contribution in [0.25, 0.3) is 22.0 Å². The summed E-state index contributed by atoms with van der Waals surface area (Å²) in [6, 6.07) is 12.1. The first-order chi connectivity index (χ1) is 12.5. The second-order valence-corrected chi connectivity index (χ2v) is 5.53. The van der Waals surface area contributed by atoms with Crippen LogP contribution in [0.15, 0.2) is 42.6 Å². The number of methoxy groups -OCH3 is 2. The summed E-state index contributed by atoms with van der Waals surface area (Å²) in [5.41, 5.74) is 4.01. The largest absolute Gasteiger partial charge is 0.493 e. The van der Waals surface area contributed by atoms with Crippen molar-refractivity contribution in [2.24, 2.45) is 0 Å². The van der Waals surface area contributed by atoms with Gasteiger partial charge in [-0.25, -0.2) is 0 Å². The fourth-order valence-electron chi connectivity index (χ4n) is 2.57. The Morgan fingerprint density at radius 1 is 1.08 bits per heavy atom. The van der Waals surface area contributed by atoms with Crippen molar-refractivity contribution >= 4 is 23.1 Å². The minimum atomic E-state index is -0.250. The van der Waals surface area contributed by atoms with E-state index in [-0.39, 0.29) is 6.47 Å². The number of ether oxygens (including phenoxy) is 2. The Hall–Kier alpha value is -3.35. The van der Waals surface area contributed by atoms with E-state index in [1.165, 1.54) is 0 Å². The molecule has 136 valence electrons. The van der Waals surface area contributed by atoms with Crippen LogP contribution in [0.5, 0.6) is 11.5 Å². The zero-order valence-corrected chi connectivity index (χ0v) is 15.1. The van der Waals surface area contributed by atoms with Gasteiger partial charge in [-0.15, -0.1) is 0 Å². The zero-order chi connectivity index (χ0) is 19.1. The van der Waals surface area contributed by atoms with E-state index in [0.717, 1.165) is 27.7 Å². The molecule has 7 heteroatoms. The third-order valence-corrected chi connectivity index (χ3v) is 3.82. The van der Waals surface area contributed by atoms with E-state index in [9.17, 15) is 0 Å². The van der Waals surface area contributed by atoms with Gasteiger partial charge in [0.2, 0.25) is 0 Å². The monoisotopic (exact) mass is 355 g/mol. The lowest BCUT2D eigenvalue weighted by Crippen LogP contribution is -2.08. The molecule has 26 heavy (non-hydrogen) atoms. The number of fused-ring (bicyclic) bond motifs is 1. The van der Waals surface area contributed by atoms with E-state index < -0.39 is 0 Å². The minimum Gasteiger partial charge on any atom is -0.493 e. The zero-order valence-electron chi connectivity index (χ0n) is 15.1. The highest BCUT2D eigenvalue weighted by Gasteiger charge is 2.12. The Kier molecular flexibility index (Phi) is 6.32. The predicted octanol–water partition coefficient (Wildman–Crippen LogP) is 3.08. The average molecular weight is 355 g/mol. The number of carboxylic acid groups (broad SMARTS) is 1. The van der Waals surface area contributed by atoms with E-state index in [1.54, 1.807) is 20.4 Å². The summed E-state index contributed by atoms with van der Waals surface area (Å²) < 4.78 is 10.8. The summed E-state index contributed by atoms with van der Waals surface area (Å²) in [7, 11) is 7.29. The molecule has 7 nitrogen and oxygen atoms in total. The number of hydrogen-bond donors (Lipinski definition) is 1. The number of anilines is 1. The third-order valence-electron chi connectivity index (χ3n) is 3.82. The van der Waals surface area contributed by atoms with Crippen LogP contribution < -0.4 is 14.4 Å². The molecule has 3 rings (SSSR count). The van der Waals surface area contributed by atoms with E-state index >= 15 is 0 Å². The molecule has 0 aliphatic heterocycles. The van der Waals surface area contributed by atoms with Crippen LogP contribution in [0.3, 0.4) is 0 Å². The Balaban J connectivity index is 0.000000758. The van der Waals surface area contributed by atoms with Gasteiger partial charge in [-0.3, -0.25) is 4.79 Å². The maximum absolute atomic E-state index is 8.36. The average Bonchev–Trinajstić information content (AvgIpc) is 2.67. The van der Waals surface area contributed by atoms with Crippen molar-refractivity contribution < 1.29 is 19.4 Å². The molecule has 1 N–H and O–H groups in total. The fourth-order valence-corrected chi connectivity index (χ4v) is 2.57. The maximum atomic E-state index is 8.36. The Morgan fingerprint density at radius 2 is 1.73 bits per heavy atom. The number of benzene rings is 2. The summed E-state index contributed by atoms with van der Waals surface area (Å²) >= 11 is 0. The van der Waals surface area contributed by atoms with Crippen molar-refractivity contribution in [2.45, 2.75) is 0 Å². The maximum Gasteiger partial charge on any atom is 0.290 e. The van der Waals surface area contributed by atoms with Crippen molar-refractivity contribution in [2.75, 3.05) is 33.2 Å². The molecule has 0 amide bonds. The molecule has 0 saturated heterocycles. The summed E-state index contributed by atoms with van der Waals surface area (Å²) in [6.07, 6.45) is 1.78. The predicted molar refractivity (Wildman–Crippen MR) is 101 cm³/mol. The highest BCUT2D eigenvalue weighted by atomic mass is 16.5. The fraction of sp³-hybridized carbons (Fsp3) is 0.211. The molecule has 0 aliphatic rings. The molecular weight excluding hydrogens is 334 g/mol. The smallest absolute Gasteiger partial charge is 0.290 e. The second-order valence-electron chi connectivity index (χ2n) is 5.53. The van der Waals surface area contributed by atoms with Gasteiger partial charge in [-0.1, -0.05) is 12.1 Å². The molecule has 3 aromatic rings. The van der Waals surface area contributed by atoms with Crippen LogP contribution in [0.4, 0.5) is 5.69 Å². The molecule has 0 fully saturated rings. The van der Waals surface area contributed by atoms with E-state index in [0.29, 0.717) is 11.5 Å². The molecule has 0 spiro atoms. The summed E-state index contributed by atoms with van der Waals surface area (Å²) in [6.45, 7) is -0.250. The number of rotatable bonds is 4. The van der Waals surface area contributed by atoms with Crippen molar-refractivity contribution in [1.29, 1.82) is 0 Å². The highest BCUT2D eigenvalue weighted by molar-refractivity contribution is 5.96. The Morgan fingerprint density at radius 3 is 2.35 bits per heavy atom. The SMILES string of the molecule is COc1cc2nncc(-c3cccc(N(C)C)c3)c2cc1OC.O=CO. The molecule has 0 bridgehead atoms. The normalized spacial score (nSPS) is 9.85.